The fourth-order valence-electron chi connectivity index (χ4n) is 3.06. The van der Waals surface area contributed by atoms with Gasteiger partial charge in [0.25, 0.3) is 5.89 Å². The third-order valence-electron chi connectivity index (χ3n) is 4.54. The van der Waals surface area contributed by atoms with E-state index < -0.39 is 11.8 Å². The number of carbonyl (C=O) groups is 1. The summed E-state index contributed by atoms with van der Waals surface area (Å²) in [7, 11) is 0. The lowest BCUT2D eigenvalue weighted by molar-refractivity contribution is 0.243. The largest absolute Gasteiger partial charge is 0.446 e. The van der Waals surface area contributed by atoms with Crippen molar-refractivity contribution in [3.05, 3.63) is 93.2 Å². The van der Waals surface area contributed by atoms with E-state index in [-0.39, 0.29) is 5.89 Å². The summed E-state index contributed by atoms with van der Waals surface area (Å²) < 4.78 is 6.52. The maximum absolute atomic E-state index is 13.2. The van der Waals surface area contributed by atoms with Crippen molar-refractivity contribution in [2.75, 3.05) is 5.01 Å². The Balaban J connectivity index is 1.51. The predicted octanol–water partition coefficient (Wildman–Crippen LogP) is 5.21. The standard InChI is InChI=1S/C22H14ClN5O3S/c23-18-12-15-11-17(25-20(15)32-18)19-26-28(22(30)31-19)21(29)27(16-9-5-2-6-10-16)24-13-14-7-3-1-4-8-14/h1-13,25H/b24-13+. The highest BCUT2D eigenvalue weighted by atomic mass is 35.5. The molecule has 0 radical (unpaired) electrons. The summed E-state index contributed by atoms with van der Waals surface area (Å²) in [6.45, 7) is 0. The summed E-state index contributed by atoms with van der Waals surface area (Å²) >= 11 is 7.36. The number of thiophene rings is 1. The van der Waals surface area contributed by atoms with Crippen LogP contribution in [0, 0.1) is 0 Å². The molecule has 0 saturated carbocycles. The lowest BCUT2D eigenvalue weighted by Gasteiger charge is -2.15. The quantitative estimate of drug-likeness (QED) is 0.292. The first-order chi connectivity index (χ1) is 15.6. The number of aromatic nitrogens is 3. The van der Waals surface area contributed by atoms with Crippen LogP contribution in [0.15, 0.2) is 87.1 Å². The van der Waals surface area contributed by atoms with Gasteiger partial charge in [0.05, 0.1) is 16.2 Å². The molecule has 158 valence electrons. The van der Waals surface area contributed by atoms with Gasteiger partial charge in [-0.05, 0) is 29.8 Å². The third kappa shape index (κ3) is 3.86. The Morgan fingerprint density at radius 2 is 1.84 bits per heavy atom. The van der Waals surface area contributed by atoms with Crippen molar-refractivity contribution in [2.45, 2.75) is 0 Å². The molecule has 0 bridgehead atoms. The zero-order chi connectivity index (χ0) is 22.1. The van der Waals surface area contributed by atoms with Crippen molar-refractivity contribution >= 4 is 51.1 Å². The molecule has 5 aromatic rings. The van der Waals surface area contributed by atoms with Gasteiger partial charge in [-0.1, -0.05) is 60.1 Å². The molecule has 2 aromatic carbocycles. The summed E-state index contributed by atoms with van der Waals surface area (Å²) in [6.07, 6.45) is 1.53. The summed E-state index contributed by atoms with van der Waals surface area (Å²) in [5, 5.41) is 10.3. The summed E-state index contributed by atoms with van der Waals surface area (Å²) in [6, 6.07) is 20.8. The average molecular weight is 464 g/mol. The minimum absolute atomic E-state index is 0.0112. The van der Waals surface area contributed by atoms with E-state index in [9.17, 15) is 9.59 Å². The molecule has 32 heavy (non-hydrogen) atoms. The second-order valence-corrected chi connectivity index (χ2v) is 8.37. The second kappa shape index (κ2) is 8.29. The summed E-state index contributed by atoms with van der Waals surface area (Å²) in [4.78, 5) is 29.6. The van der Waals surface area contributed by atoms with Crippen LogP contribution in [-0.4, -0.2) is 27.0 Å². The first-order valence-electron chi connectivity index (χ1n) is 9.45. The molecule has 3 heterocycles. The van der Waals surface area contributed by atoms with Gasteiger partial charge in [0.15, 0.2) is 0 Å². The van der Waals surface area contributed by atoms with Gasteiger partial charge in [0.1, 0.15) is 10.5 Å². The molecule has 3 aromatic heterocycles. The normalized spacial score (nSPS) is 11.4. The van der Waals surface area contributed by atoms with Gasteiger partial charge >= 0.3 is 11.8 Å². The van der Waals surface area contributed by atoms with E-state index in [1.165, 1.54) is 17.6 Å². The predicted molar refractivity (Wildman–Crippen MR) is 125 cm³/mol. The minimum Gasteiger partial charge on any atom is -0.386 e. The SMILES string of the molecule is O=C(N(/N=C/c1ccccc1)c1ccccc1)n1nc(-c2cc3cc(Cl)sc3[nH]2)oc1=O. The topological polar surface area (TPSA) is 96.5 Å². The molecule has 0 aliphatic heterocycles. The Labute approximate surface area is 190 Å². The maximum Gasteiger partial charge on any atom is 0.446 e. The smallest absolute Gasteiger partial charge is 0.386 e. The molecule has 8 nitrogen and oxygen atoms in total. The molecule has 0 fully saturated rings. The van der Waals surface area contributed by atoms with Gasteiger partial charge in [0, 0.05) is 5.39 Å². The number of hydrazone groups is 1. The Kier molecular flexibility index (Phi) is 5.18. The number of hydrogen-bond acceptors (Lipinski definition) is 6. The number of para-hydroxylation sites is 1. The second-order valence-electron chi connectivity index (χ2n) is 6.69. The van der Waals surface area contributed by atoms with Crippen LogP contribution in [0.1, 0.15) is 5.56 Å². The third-order valence-corrected chi connectivity index (χ3v) is 5.74. The van der Waals surface area contributed by atoms with Crippen LogP contribution in [0.3, 0.4) is 0 Å². The van der Waals surface area contributed by atoms with Crippen molar-refractivity contribution in [2.24, 2.45) is 5.10 Å². The van der Waals surface area contributed by atoms with Crippen molar-refractivity contribution in [3.63, 3.8) is 0 Å². The highest BCUT2D eigenvalue weighted by molar-refractivity contribution is 7.22. The lowest BCUT2D eigenvalue weighted by atomic mass is 10.2. The van der Waals surface area contributed by atoms with Crippen molar-refractivity contribution in [3.8, 4) is 11.6 Å². The number of H-pyrrole nitrogens is 1. The number of anilines is 1. The van der Waals surface area contributed by atoms with Gasteiger partial charge in [-0.15, -0.1) is 21.1 Å². The Bertz CT molecular complexity index is 1450. The van der Waals surface area contributed by atoms with Crippen LogP contribution in [-0.2, 0) is 0 Å². The van der Waals surface area contributed by atoms with Crippen LogP contribution < -0.4 is 10.8 Å². The first-order valence-corrected chi connectivity index (χ1v) is 10.6. The van der Waals surface area contributed by atoms with Crippen molar-refractivity contribution in [1.29, 1.82) is 0 Å². The van der Waals surface area contributed by atoms with E-state index in [1.54, 1.807) is 36.4 Å². The summed E-state index contributed by atoms with van der Waals surface area (Å²) in [5.41, 5.74) is 1.72. The van der Waals surface area contributed by atoms with E-state index in [0.717, 1.165) is 20.8 Å². The molecule has 0 atom stereocenters. The number of carbonyl (C=O) groups excluding carboxylic acids is 1. The van der Waals surface area contributed by atoms with Gasteiger partial charge in [-0.2, -0.15) is 10.1 Å². The number of halogens is 1. The van der Waals surface area contributed by atoms with E-state index in [4.69, 9.17) is 16.0 Å². The van der Waals surface area contributed by atoms with Gasteiger partial charge in [-0.25, -0.2) is 9.59 Å². The number of fused-ring (bicyclic) bond motifs is 1. The van der Waals surface area contributed by atoms with Crippen LogP contribution in [0.2, 0.25) is 4.34 Å². The van der Waals surface area contributed by atoms with Crippen LogP contribution in [0.25, 0.3) is 21.8 Å². The van der Waals surface area contributed by atoms with Crippen LogP contribution in [0.5, 0.6) is 0 Å². The lowest BCUT2D eigenvalue weighted by Crippen LogP contribution is -2.36. The molecule has 0 spiro atoms. The highest BCUT2D eigenvalue weighted by Crippen LogP contribution is 2.32. The Hall–Kier alpha value is -3.95. The fraction of sp³-hybridized carbons (Fsp3) is 0. The minimum atomic E-state index is -0.920. The van der Waals surface area contributed by atoms with Gasteiger partial charge in [-0.3, -0.25) is 0 Å². The van der Waals surface area contributed by atoms with E-state index in [0.29, 0.717) is 20.4 Å². The number of hydrogen-bond donors (Lipinski definition) is 1. The van der Waals surface area contributed by atoms with Crippen LogP contribution in [0.4, 0.5) is 10.5 Å². The van der Waals surface area contributed by atoms with E-state index in [1.807, 2.05) is 36.4 Å². The zero-order valence-electron chi connectivity index (χ0n) is 16.3. The van der Waals surface area contributed by atoms with Crippen molar-refractivity contribution in [1.82, 2.24) is 14.8 Å². The molecule has 5 rings (SSSR count). The molecule has 0 aliphatic rings. The number of amides is 1. The monoisotopic (exact) mass is 463 g/mol. The zero-order valence-corrected chi connectivity index (χ0v) is 17.9. The molecular weight excluding hydrogens is 450 g/mol. The number of rotatable bonds is 4. The molecule has 0 aliphatic carbocycles. The Morgan fingerprint density at radius 1 is 1.12 bits per heavy atom. The molecule has 0 unspecified atom stereocenters. The van der Waals surface area contributed by atoms with E-state index >= 15 is 0 Å². The molecule has 1 amide bonds. The number of benzene rings is 2. The van der Waals surface area contributed by atoms with Crippen LogP contribution >= 0.6 is 22.9 Å². The molecular formula is C22H14ClN5O3S. The van der Waals surface area contributed by atoms with Crippen molar-refractivity contribution < 1.29 is 9.21 Å². The molecule has 10 heteroatoms. The molecule has 0 saturated heterocycles. The summed E-state index contributed by atoms with van der Waals surface area (Å²) in [5.74, 6) is -0.931. The number of nitrogens with zero attached hydrogens (tertiary/aromatic N) is 4. The van der Waals surface area contributed by atoms with Gasteiger partial charge in [0.2, 0.25) is 0 Å². The van der Waals surface area contributed by atoms with Gasteiger partial charge < -0.3 is 9.40 Å². The average Bonchev–Trinajstić information content (AvgIpc) is 3.47. The number of nitrogens with one attached hydrogen (secondary N) is 1. The maximum atomic E-state index is 13.2. The molecule has 1 N–H and O–H groups in total. The first kappa shape index (κ1) is 20.0. The fourth-order valence-corrected chi connectivity index (χ4v) is 4.19. The Morgan fingerprint density at radius 3 is 2.56 bits per heavy atom. The van der Waals surface area contributed by atoms with E-state index in [2.05, 4.69) is 15.2 Å². The highest BCUT2D eigenvalue weighted by Gasteiger charge is 2.24. The number of aromatic amines is 1.